The van der Waals surface area contributed by atoms with Gasteiger partial charge in [0.2, 0.25) is 10.0 Å². The molecule has 2 atom stereocenters. The summed E-state index contributed by atoms with van der Waals surface area (Å²) >= 11 is 5.89. The molecule has 8 heteroatoms. The standard InChI is InChI=1S/C13H17ClN2O4S/c1-9-3-2-4-10(7-9)15-21(19,20)13-8-11(16(17)18)5-6-12(13)14/h5-6,8-10,15H,2-4,7H2,1H3. The van der Waals surface area contributed by atoms with E-state index in [1.54, 1.807) is 0 Å². The van der Waals surface area contributed by atoms with E-state index in [2.05, 4.69) is 11.6 Å². The molecule has 21 heavy (non-hydrogen) atoms. The number of non-ortho nitro benzene ring substituents is 1. The fourth-order valence-corrected chi connectivity index (χ4v) is 4.44. The van der Waals surface area contributed by atoms with Crippen molar-refractivity contribution in [3.63, 3.8) is 0 Å². The van der Waals surface area contributed by atoms with E-state index in [1.165, 1.54) is 12.1 Å². The van der Waals surface area contributed by atoms with Crippen LogP contribution in [0.1, 0.15) is 32.6 Å². The molecule has 1 aromatic carbocycles. The smallest absolute Gasteiger partial charge is 0.258 e. The Bertz CT molecular complexity index is 648. The van der Waals surface area contributed by atoms with Gasteiger partial charge in [-0.25, -0.2) is 13.1 Å². The second-order valence-corrected chi connectivity index (χ2v) is 7.55. The Labute approximate surface area is 128 Å². The van der Waals surface area contributed by atoms with Gasteiger partial charge < -0.3 is 0 Å². The van der Waals surface area contributed by atoms with Crippen molar-refractivity contribution in [2.24, 2.45) is 5.92 Å². The van der Waals surface area contributed by atoms with Gasteiger partial charge in [-0.05, 0) is 24.8 Å². The molecule has 1 N–H and O–H groups in total. The summed E-state index contributed by atoms with van der Waals surface area (Å²) in [6.07, 6.45) is 3.61. The molecule has 6 nitrogen and oxygen atoms in total. The molecule has 0 spiro atoms. The van der Waals surface area contributed by atoms with Crippen LogP contribution < -0.4 is 4.72 Å². The van der Waals surface area contributed by atoms with Gasteiger partial charge in [0.15, 0.2) is 0 Å². The fraction of sp³-hybridized carbons (Fsp3) is 0.538. The molecule has 1 aliphatic rings. The number of nitrogens with one attached hydrogen (secondary N) is 1. The van der Waals surface area contributed by atoms with Gasteiger partial charge in [-0.2, -0.15) is 0 Å². The quantitative estimate of drug-likeness (QED) is 0.677. The summed E-state index contributed by atoms with van der Waals surface area (Å²) in [5.41, 5.74) is -0.295. The van der Waals surface area contributed by atoms with Crippen LogP contribution in [-0.2, 0) is 10.0 Å². The van der Waals surface area contributed by atoms with E-state index in [-0.39, 0.29) is 21.6 Å². The Morgan fingerprint density at radius 1 is 1.38 bits per heavy atom. The van der Waals surface area contributed by atoms with Gasteiger partial charge >= 0.3 is 0 Å². The number of hydrogen-bond acceptors (Lipinski definition) is 4. The molecule has 0 aromatic heterocycles. The third-order valence-electron chi connectivity index (χ3n) is 3.67. The molecular formula is C13H17ClN2O4S. The lowest BCUT2D eigenvalue weighted by atomic mass is 9.88. The Morgan fingerprint density at radius 3 is 2.71 bits per heavy atom. The first-order valence-corrected chi connectivity index (χ1v) is 8.62. The maximum Gasteiger partial charge on any atom is 0.270 e. The molecule has 0 amide bonds. The summed E-state index contributed by atoms with van der Waals surface area (Å²) < 4.78 is 27.4. The van der Waals surface area contributed by atoms with Crippen molar-refractivity contribution in [3.05, 3.63) is 33.3 Å². The van der Waals surface area contributed by atoms with Crippen LogP contribution >= 0.6 is 11.6 Å². The molecule has 116 valence electrons. The second-order valence-electron chi connectivity index (χ2n) is 5.46. The number of sulfonamides is 1. The van der Waals surface area contributed by atoms with Crippen molar-refractivity contribution < 1.29 is 13.3 Å². The number of halogens is 1. The summed E-state index contributed by atoms with van der Waals surface area (Å²) in [4.78, 5) is 9.89. The number of nitro benzene ring substituents is 1. The topological polar surface area (TPSA) is 89.3 Å². The van der Waals surface area contributed by atoms with Gasteiger partial charge in [0.05, 0.1) is 9.95 Å². The summed E-state index contributed by atoms with van der Waals surface area (Å²) in [6, 6.07) is 3.27. The van der Waals surface area contributed by atoms with Crippen molar-refractivity contribution in [2.75, 3.05) is 0 Å². The zero-order valence-corrected chi connectivity index (χ0v) is 13.2. The third kappa shape index (κ3) is 3.93. The summed E-state index contributed by atoms with van der Waals surface area (Å²) in [5.74, 6) is 0.465. The van der Waals surface area contributed by atoms with Gasteiger partial charge in [0, 0.05) is 18.2 Å². The molecule has 0 radical (unpaired) electrons. The lowest BCUT2D eigenvalue weighted by Crippen LogP contribution is -2.38. The van der Waals surface area contributed by atoms with Crippen molar-refractivity contribution in [3.8, 4) is 0 Å². The van der Waals surface area contributed by atoms with Crippen LogP contribution in [0.15, 0.2) is 23.1 Å². The highest BCUT2D eigenvalue weighted by molar-refractivity contribution is 7.89. The maximum atomic E-state index is 12.4. The number of rotatable bonds is 4. The van der Waals surface area contributed by atoms with Crippen molar-refractivity contribution in [2.45, 2.75) is 43.5 Å². The normalized spacial score (nSPS) is 23.0. The minimum absolute atomic E-state index is 0.0167. The van der Waals surface area contributed by atoms with Gasteiger partial charge in [-0.15, -0.1) is 0 Å². The van der Waals surface area contributed by atoms with E-state index in [1.807, 2.05) is 0 Å². The van der Waals surface area contributed by atoms with Gasteiger partial charge in [0.25, 0.3) is 5.69 Å². The first-order valence-electron chi connectivity index (χ1n) is 6.76. The molecule has 1 aromatic rings. The molecule has 1 aliphatic carbocycles. The Hall–Kier alpha value is -1.18. The highest BCUT2D eigenvalue weighted by Gasteiger charge is 2.27. The van der Waals surface area contributed by atoms with Crippen molar-refractivity contribution in [1.82, 2.24) is 4.72 Å². The SMILES string of the molecule is CC1CCCC(NS(=O)(=O)c2cc([N+](=O)[O-])ccc2Cl)C1. The summed E-state index contributed by atoms with van der Waals surface area (Å²) in [6.45, 7) is 2.08. The first kappa shape index (κ1) is 16.2. The van der Waals surface area contributed by atoms with E-state index in [9.17, 15) is 18.5 Å². The first-order chi connectivity index (χ1) is 9.79. The molecule has 1 fully saturated rings. The summed E-state index contributed by atoms with van der Waals surface area (Å²) in [7, 11) is -3.86. The highest BCUT2D eigenvalue weighted by Crippen LogP contribution is 2.29. The van der Waals surface area contributed by atoms with Crippen molar-refractivity contribution >= 4 is 27.3 Å². The van der Waals surface area contributed by atoms with E-state index in [4.69, 9.17) is 11.6 Å². The van der Waals surface area contributed by atoms with Crippen LogP contribution in [0.4, 0.5) is 5.69 Å². The minimum atomic E-state index is -3.86. The van der Waals surface area contributed by atoms with E-state index in [0.717, 1.165) is 31.7 Å². The third-order valence-corrected chi connectivity index (χ3v) is 5.68. The van der Waals surface area contributed by atoms with Crippen LogP contribution in [0.25, 0.3) is 0 Å². The number of benzene rings is 1. The van der Waals surface area contributed by atoms with Gasteiger partial charge in [-0.3, -0.25) is 10.1 Å². The van der Waals surface area contributed by atoms with Gasteiger partial charge in [0.1, 0.15) is 4.90 Å². The number of nitro groups is 1. The Morgan fingerprint density at radius 2 is 2.10 bits per heavy atom. The summed E-state index contributed by atoms with van der Waals surface area (Å²) in [5, 5.41) is 10.8. The Balaban J connectivity index is 2.26. The fourth-order valence-electron chi connectivity index (χ4n) is 2.64. The van der Waals surface area contributed by atoms with Crippen LogP contribution in [-0.4, -0.2) is 19.4 Å². The monoisotopic (exact) mass is 332 g/mol. The van der Waals surface area contributed by atoms with Crippen LogP contribution in [0, 0.1) is 16.0 Å². The molecule has 0 aliphatic heterocycles. The zero-order valence-electron chi connectivity index (χ0n) is 11.6. The average molecular weight is 333 g/mol. The maximum absolute atomic E-state index is 12.4. The molecule has 1 saturated carbocycles. The lowest BCUT2D eigenvalue weighted by Gasteiger charge is -2.27. The number of nitrogens with zero attached hydrogens (tertiary/aromatic N) is 1. The zero-order chi connectivity index (χ0) is 15.6. The van der Waals surface area contributed by atoms with Crippen molar-refractivity contribution in [1.29, 1.82) is 0 Å². The average Bonchev–Trinajstić information content (AvgIpc) is 2.38. The van der Waals surface area contributed by atoms with Crippen LogP contribution in [0.5, 0.6) is 0 Å². The second kappa shape index (κ2) is 6.29. The van der Waals surface area contributed by atoms with Crippen LogP contribution in [0.2, 0.25) is 5.02 Å². The molecular weight excluding hydrogens is 316 g/mol. The highest BCUT2D eigenvalue weighted by atomic mass is 35.5. The molecule has 2 rings (SSSR count). The largest absolute Gasteiger partial charge is 0.270 e. The van der Waals surface area contributed by atoms with Crippen LogP contribution in [0.3, 0.4) is 0 Å². The molecule has 2 unspecified atom stereocenters. The van der Waals surface area contributed by atoms with E-state index >= 15 is 0 Å². The molecule has 0 bridgehead atoms. The van der Waals surface area contributed by atoms with E-state index < -0.39 is 14.9 Å². The van der Waals surface area contributed by atoms with E-state index in [0.29, 0.717) is 5.92 Å². The predicted molar refractivity (Wildman–Crippen MR) is 79.8 cm³/mol. The molecule has 0 saturated heterocycles. The Kier molecular flexibility index (Phi) is 4.85. The number of hydrogen-bond donors (Lipinski definition) is 1. The minimum Gasteiger partial charge on any atom is -0.258 e. The lowest BCUT2D eigenvalue weighted by molar-refractivity contribution is -0.385. The predicted octanol–water partition coefficient (Wildman–Crippen LogP) is 3.11. The van der Waals surface area contributed by atoms with Gasteiger partial charge in [-0.1, -0.05) is 31.4 Å². The molecule has 0 heterocycles.